The smallest absolute Gasteiger partial charge is 0.337 e. The summed E-state index contributed by atoms with van der Waals surface area (Å²) in [4.78, 5) is 40.0. The summed E-state index contributed by atoms with van der Waals surface area (Å²) in [7, 11) is 3.00. The monoisotopic (exact) mass is 385 g/mol. The number of rotatable bonds is 4. The van der Waals surface area contributed by atoms with Gasteiger partial charge in [-0.1, -0.05) is 12.1 Å². The van der Waals surface area contributed by atoms with E-state index in [0.29, 0.717) is 40.7 Å². The van der Waals surface area contributed by atoms with Crippen molar-refractivity contribution in [3.8, 4) is 11.5 Å². The lowest BCUT2D eigenvalue weighted by Crippen LogP contribution is -2.38. The molecule has 0 fully saturated rings. The van der Waals surface area contributed by atoms with Crippen LogP contribution >= 0.6 is 0 Å². The average Bonchev–Trinajstić information content (AvgIpc) is 3.06. The maximum Gasteiger partial charge on any atom is 0.337 e. The number of nitrogens with zero attached hydrogens (tertiary/aromatic N) is 1. The summed E-state index contributed by atoms with van der Waals surface area (Å²) in [5.74, 6) is -0.0646. The number of aromatic amines is 1. The predicted molar refractivity (Wildman–Crippen MR) is 100.0 cm³/mol. The molecule has 0 spiro atoms. The summed E-state index contributed by atoms with van der Waals surface area (Å²) in [6.07, 6.45) is 0. The summed E-state index contributed by atoms with van der Waals surface area (Å²) in [6.45, 7) is 2.18. The van der Waals surface area contributed by atoms with Crippen molar-refractivity contribution < 1.29 is 19.0 Å². The highest BCUT2D eigenvalue weighted by atomic mass is 16.5. The Morgan fingerprint density at radius 3 is 2.68 bits per heavy atom. The molecule has 2 N–H and O–H groups in total. The van der Waals surface area contributed by atoms with Crippen LogP contribution in [0.1, 0.15) is 24.0 Å². The second kappa shape index (κ2) is 6.59. The summed E-state index contributed by atoms with van der Waals surface area (Å²) >= 11 is 0. The Morgan fingerprint density at radius 1 is 1.21 bits per heavy atom. The van der Waals surface area contributed by atoms with Gasteiger partial charge in [0.2, 0.25) is 0 Å². The molecule has 3 heterocycles. The van der Waals surface area contributed by atoms with Crippen molar-refractivity contribution in [2.75, 3.05) is 26.1 Å². The Hall–Kier alpha value is -3.49. The van der Waals surface area contributed by atoms with Crippen LogP contribution in [0.15, 0.2) is 39.1 Å². The van der Waals surface area contributed by atoms with Gasteiger partial charge in [-0.2, -0.15) is 0 Å². The lowest BCUT2D eigenvalue weighted by Gasteiger charge is -2.29. The van der Waals surface area contributed by atoms with E-state index >= 15 is 0 Å². The lowest BCUT2D eigenvalue weighted by molar-refractivity contribution is -0.136. The number of methoxy groups -OCH3 is 2. The topological polar surface area (TPSA) is 112 Å². The van der Waals surface area contributed by atoms with Gasteiger partial charge in [0, 0.05) is 12.1 Å². The largest absolute Gasteiger partial charge is 0.493 e. The average molecular weight is 385 g/mol. The molecule has 28 heavy (non-hydrogen) atoms. The van der Waals surface area contributed by atoms with Crippen LogP contribution in [0.2, 0.25) is 0 Å². The molecular formula is C19H19N3O6. The van der Waals surface area contributed by atoms with E-state index in [4.69, 9.17) is 14.2 Å². The highest BCUT2D eigenvalue weighted by molar-refractivity contribution is 5.97. The van der Waals surface area contributed by atoms with Crippen molar-refractivity contribution in [1.29, 1.82) is 0 Å². The van der Waals surface area contributed by atoms with Gasteiger partial charge < -0.3 is 19.5 Å². The van der Waals surface area contributed by atoms with E-state index in [2.05, 4.69) is 10.3 Å². The fourth-order valence-electron chi connectivity index (χ4n) is 3.84. The third-order valence-electron chi connectivity index (χ3n) is 5.04. The molecule has 1 aromatic heterocycles. The molecule has 4 rings (SSSR count). The molecule has 0 amide bonds. The van der Waals surface area contributed by atoms with Gasteiger partial charge in [0.05, 0.1) is 37.0 Å². The molecule has 0 saturated carbocycles. The van der Waals surface area contributed by atoms with Gasteiger partial charge in [0.1, 0.15) is 12.4 Å². The standard InChI is InChI=1S/C19H19N3O6/c1-4-22-16-14(17(23)21-19(22)25)12(13-10(20-16)8-28-18(13)24)9-6-5-7-11(26-2)15(9)27-3/h5-7,12,20H,4,8H2,1-3H3,(H,21,23,25)/t12-/m0/s1. The third kappa shape index (κ3) is 2.43. The minimum atomic E-state index is -0.770. The van der Waals surface area contributed by atoms with Crippen molar-refractivity contribution in [3.63, 3.8) is 0 Å². The number of benzene rings is 1. The van der Waals surface area contributed by atoms with Crippen LogP contribution in [0, 0.1) is 0 Å². The molecule has 0 bridgehead atoms. The van der Waals surface area contributed by atoms with Crippen LogP contribution in [0.4, 0.5) is 5.82 Å². The molecule has 9 nitrogen and oxygen atoms in total. The number of anilines is 1. The molecule has 146 valence electrons. The molecule has 0 unspecified atom stereocenters. The maximum absolute atomic E-state index is 12.8. The zero-order valence-corrected chi connectivity index (χ0v) is 15.6. The maximum atomic E-state index is 12.8. The Morgan fingerprint density at radius 2 is 2.00 bits per heavy atom. The molecule has 2 aliphatic heterocycles. The Kier molecular flexibility index (Phi) is 4.21. The van der Waals surface area contributed by atoms with Gasteiger partial charge >= 0.3 is 11.7 Å². The number of H-pyrrole nitrogens is 1. The third-order valence-corrected chi connectivity index (χ3v) is 5.04. The molecule has 2 aliphatic rings. The number of aromatic nitrogens is 2. The summed E-state index contributed by atoms with van der Waals surface area (Å²) < 4.78 is 17.5. The number of nitrogens with one attached hydrogen (secondary N) is 2. The number of ether oxygens (including phenoxy) is 3. The van der Waals surface area contributed by atoms with Crippen LogP contribution in [0.3, 0.4) is 0 Å². The van der Waals surface area contributed by atoms with Crippen molar-refractivity contribution in [2.24, 2.45) is 0 Å². The Labute approximate surface area is 159 Å². The zero-order chi connectivity index (χ0) is 20.0. The summed E-state index contributed by atoms with van der Waals surface area (Å²) in [5, 5.41) is 3.06. The van der Waals surface area contributed by atoms with Gasteiger partial charge in [-0.05, 0) is 13.0 Å². The van der Waals surface area contributed by atoms with Crippen LogP contribution in [-0.2, 0) is 16.1 Å². The van der Waals surface area contributed by atoms with Crippen molar-refractivity contribution in [2.45, 2.75) is 19.4 Å². The van der Waals surface area contributed by atoms with Gasteiger partial charge in [-0.25, -0.2) is 9.59 Å². The Balaban J connectivity index is 2.09. The fraction of sp³-hybridized carbons (Fsp3) is 0.316. The van der Waals surface area contributed by atoms with Crippen LogP contribution < -0.4 is 26.0 Å². The molecule has 0 aliphatic carbocycles. The fourth-order valence-corrected chi connectivity index (χ4v) is 3.84. The second-order valence-corrected chi connectivity index (χ2v) is 6.37. The highest BCUT2D eigenvalue weighted by Crippen LogP contribution is 2.47. The second-order valence-electron chi connectivity index (χ2n) is 6.37. The van der Waals surface area contributed by atoms with Crippen LogP contribution in [0.5, 0.6) is 11.5 Å². The predicted octanol–water partition coefficient (Wildman–Crippen LogP) is 0.942. The van der Waals surface area contributed by atoms with E-state index < -0.39 is 23.1 Å². The quantitative estimate of drug-likeness (QED) is 0.754. The molecule has 2 aromatic rings. The number of carbonyl (C=O) groups is 1. The molecule has 1 aromatic carbocycles. The Bertz CT molecular complexity index is 1130. The van der Waals surface area contributed by atoms with Gasteiger partial charge in [-0.3, -0.25) is 14.3 Å². The van der Waals surface area contributed by atoms with E-state index in [1.54, 1.807) is 25.1 Å². The van der Waals surface area contributed by atoms with E-state index in [9.17, 15) is 14.4 Å². The first-order valence-corrected chi connectivity index (χ1v) is 8.76. The van der Waals surface area contributed by atoms with Crippen molar-refractivity contribution >= 4 is 11.8 Å². The number of hydrogen-bond donors (Lipinski definition) is 2. The number of esters is 1. The number of para-hydroxylation sites is 1. The SMILES string of the molecule is CCn1c2c(c(=O)[nH]c1=O)[C@@H](c1cccc(OC)c1OC)C1=C(COC1=O)N2. The number of hydrogen-bond acceptors (Lipinski definition) is 7. The van der Waals surface area contributed by atoms with Crippen molar-refractivity contribution in [3.05, 3.63) is 61.4 Å². The van der Waals surface area contributed by atoms with E-state index in [0.717, 1.165) is 0 Å². The molecule has 0 radical (unpaired) electrons. The van der Waals surface area contributed by atoms with Gasteiger partial charge in [-0.15, -0.1) is 0 Å². The van der Waals surface area contributed by atoms with Crippen LogP contribution in [-0.4, -0.2) is 36.3 Å². The number of fused-ring (bicyclic) bond motifs is 1. The zero-order valence-electron chi connectivity index (χ0n) is 15.6. The molecular weight excluding hydrogens is 366 g/mol. The van der Waals surface area contributed by atoms with E-state index in [1.807, 2.05) is 0 Å². The first-order chi connectivity index (χ1) is 13.5. The first kappa shape index (κ1) is 17.9. The van der Waals surface area contributed by atoms with E-state index in [1.165, 1.54) is 18.8 Å². The molecule has 9 heteroatoms. The number of carbonyl (C=O) groups excluding carboxylic acids is 1. The van der Waals surface area contributed by atoms with E-state index in [-0.39, 0.29) is 12.2 Å². The minimum absolute atomic E-state index is 0.0428. The number of cyclic esters (lactones) is 1. The summed E-state index contributed by atoms with van der Waals surface area (Å²) in [5.41, 5.74) is 0.585. The van der Waals surface area contributed by atoms with Gasteiger partial charge in [0.15, 0.2) is 11.5 Å². The minimum Gasteiger partial charge on any atom is -0.493 e. The molecule has 0 saturated heterocycles. The van der Waals surface area contributed by atoms with Crippen molar-refractivity contribution in [1.82, 2.24) is 9.55 Å². The first-order valence-electron chi connectivity index (χ1n) is 8.76. The van der Waals surface area contributed by atoms with Gasteiger partial charge in [0.25, 0.3) is 5.56 Å². The normalized spacial score (nSPS) is 17.5. The summed E-state index contributed by atoms with van der Waals surface area (Å²) in [6, 6.07) is 5.24. The highest BCUT2D eigenvalue weighted by Gasteiger charge is 2.42. The van der Waals surface area contributed by atoms with Crippen LogP contribution in [0.25, 0.3) is 0 Å². The lowest BCUT2D eigenvalue weighted by atomic mass is 9.82. The molecule has 1 atom stereocenters.